The average Bonchev–Trinajstić information content (AvgIpc) is 2.96. The normalized spacial score (nSPS) is 33.6. The molecule has 10 atom stereocenters. The van der Waals surface area contributed by atoms with Gasteiger partial charge in [0.05, 0.1) is 24.3 Å². The van der Waals surface area contributed by atoms with E-state index in [1.165, 1.54) is 24.3 Å². The van der Waals surface area contributed by atoms with Crippen molar-refractivity contribution >= 4 is 11.0 Å². The van der Waals surface area contributed by atoms with Gasteiger partial charge in [-0.05, 0) is 24.3 Å². The van der Waals surface area contributed by atoms with Crippen LogP contribution in [0.15, 0.2) is 39.5 Å². The number of fused-ring (bicyclic) bond motifs is 1. The van der Waals surface area contributed by atoms with Crippen LogP contribution in [0.5, 0.6) is 17.2 Å². The first-order chi connectivity index (χ1) is 19.9. The highest BCUT2D eigenvalue weighted by atomic mass is 16.6. The van der Waals surface area contributed by atoms with E-state index in [2.05, 4.69) is 0 Å². The van der Waals surface area contributed by atoms with Crippen LogP contribution in [0.25, 0.3) is 22.3 Å². The van der Waals surface area contributed by atoms with Crippen LogP contribution in [0.1, 0.15) is 23.3 Å². The number of hydrogen-bond donors (Lipinski definition) is 11. The average molecular weight is 595 g/mol. The first kappa shape index (κ1) is 30.1. The molecule has 2 unspecified atom stereocenters. The van der Waals surface area contributed by atoms with Crippen molar-refractivity contribution in [1.82, 2.24) is 0 Å². The zero-order valence-electron chi connectivity index (χ0n) is 21.6. The summed E-state index contributed by atoms with van der Waals surface area (Å²) < 4.78 is 17.0. The third-order valence-corrected chi connectivity index (χ3v) is 7.69. The van der Waals surface area contributed by atoms with Crippen molar-refractivity contribution in [3.8, 4) is 28.6 Å². The molecule has 42 heavy (non-hydrogen) atoms. The van der Waals surface area contributed by atoms with E-state index >= 15 is 0 Å². The quantitative estimate of drug-likeness (QED) is 0.147. The summed E-state index contributed by atoms with van der Waals surface area (Å²) in [6.07, 6.45) is -17.5. The van der Waals surface area contributed by atoms with E-state index in [1.54, 1.807) is 0 Å². The molecule has 3 aromatic rings. The van der Waals surface area contributed by atoms with E-state index in [-0.39, 0.29) is 17.1 Å². The van der Waals surface area contributed by atoms with E-state index < -0.39 is 113 Å². The summed E-state index contributed by atoms with van der Waals surface area (Å²) in [5.41, 5.74) is -2.39. The lowest BCUT2D eigenvalue weighted by atomic mass is 9.87. The molecular formula is C27H30O15. The van der Waals surface area contributed by atoms with Gasteiger partial charge in [0.2, 0.25) is 5.43 Å². The van der Waals surface area contributed by atoms with Crippen LogP contribution in [-0.4, -0.2) is 118 Å². The highest BCUT2D eigenvalue weighted by Crippen LogP contribution is 2.46. The van der Waals surface area contributed by atoms with Gasteiger partial charge in [0, 0.05) is 11.6 Å². The van der Waals surface area contributed by atoms with Gasteiger partial charge in [0.15, 0.2) is 0 Å². The van der Waals surface area contributed by atoms with Gasteiger partial charge in [0.25, 0.3) is 0 Å². The molecular weight excluding hydrogens is 564 g/mol. The summed E-state index contributed by atoms with van der Waals surface area (Å²) in [7, 11) is 0. The summed E-state index contributed by atoms with van der Waals surface area (Å²) in [6.45, 7) is -1.62. The van der Waals surface area contributed by atoms with E-state index in [4.69, 9.17) is 13.9 Å². The molecule has 15 nitrogen and oxygen atoms in total. The summed E-state index contributed by atoms with van der Waals surface area (Å²) in [5.74, 6) is -2.16. The Morgan fingerprint density at radius 2 is 1.17 bits per heavy atom. The largest absolute Gasteiger partial charge is 0.508 e. The molecule has 11 N–H and O–H groups in total. The summed E-state index contributed by atoms with van der Waals surface area (Å²) >= 11 is 0. The maximum Gasteiger partial charge on any atom is 0.203 e. The lowest BCUT2D eigenvalue weighted by Crippen LogP contribution is -2.56. The molecule has 0 saturated carbocycles. The Hall–Kier alpha value is -3.35. The number of aliphatic hydroxyl groups is 8. The molecule has 0 amide bonds. The molecule has 228 valence electrons. The number of aromatic hydroxyl groups is 3. The fraction of sp³-hybridized carbons (Fsp3) is 0.444. The first-order valence-corrected chi connectivity index (χ1v) is 12.9. The fourth-order valence-corrected chi connectivity index (χ4v) is 5.40. The van der Waals surface area contributed by atoms with Gasteiger partial charge in [-0.2, -0.15) is 0 Å². The van der Waals surface area contributed by atoms with Crippen LogP contribution in [0.4, 0.5) is 0 Å². The minimum absolute atomic E-state index is 0.143. The Labute approximate surface area is 235 Å². The standard InChI is InChI=1S/C27H30O15/c28-6-12-17(32)21(36)23(38)26(41-12)14-10(31)5-11-15(19(14)34)20(35)16(25(40-11)8-1-3-9(30)4-2-8)27-24(39)22(37)18(33)13(7-29)42-27/h1-5,12-13,17-18,21-24,26-34,36-39H,6-7H2/t12-,13-,17-,18-,21+,22+,23-,24-,26?,27?/m1/s1. The smallest absolute Gasteiger partial charge is 0.203 e. The third kappa shape index (κ3) is 4.79. The lowest BCUT2D eigenvalue weighted by Gasteiger charge is -2.40. The van der Waals surface area contributed by atoms with Crippen molar-refractivity contribution < 1.29 is 70.1 Å². The van der Waals surface area contributed by atoms with Crippen LogP contribution in [0, 0.1) is 0 Å². The van der Waals surface area contributed by atoms with Gasteiger partial charge in [0.1, 0.15) is 95.0 Å². The molecule has 1 aromatic heterocycles. The van der Waals surface area contributed by atoms with Crippen molar-refractivity contribution in [1.29, 1.82) is 0 Å². The van der Waals surface area contributed by atoms with Crippen LogP contribution in [0.2, 0.25) is 0 Å². The summed E-state index contributed by atoms with van der Waals surface area (Å²) in [6, 6.07) is 6.11. The number of aliphatic hydroxyl groups excluding tert-OH is 8. The highest BCUT2D eigenvalue weighted by molar-refractivity contribution is 5.89. The van der Waals surface area contributed by atoms with Gasteiger partial charge in [-0.25, -0.2) is 0 Å². The molecule has 2 aromatic carbocycles. The van der Waals surface area contributed by atoms with Crippen LogP contribution >= 0.6 is 0 Å². The second kappa shape index (κ2) is 11.4. The Morgan fingerprint density at radius 3 is 1.67 bits per heavy atom. The Kier molecular flexibility index (Phi) is 8.16. The summed E-state index contributed by atoms with van der Waals surface area (Å²) in [4.78, 5) is 14.1. The maximum atomic E-state index is 14.1. The van der Waals surface area contributed by atoms with E-state index in [9.17, 15) is 61.0 Å². The number of benzene rings is 2. The van der Waals surface area contributed by atoms with Crippen LogP contribution in [-0.2, 0) is 9.47 Å². The summed E-state index contributed by atoms with van der Waals surface area (Å²) in [5, 5.41) is 113. The van der Waals surface area contributed by atoms with Gasteiger partial charge in [-0.1, -0.05) is 0 Å². The molecule has 2 fully saturated rings. The minimum atomic E-state index is -1.94. The van der Waals surface area contributed by atoms with Crippen molar-refractivity contribution in [2.24, 2.45) is 0 Å². The predicted octanol–water partition coefficient (Wildman–Crippen LogP) is -2.39. The second-order valence-electron chi connectivity index (χ2n) is 10.3. The molecule has 0 bridgehead atoms. The SMILES string of the molecule is O=c1c(C2O[C@H](CO)[C@@H](O)[C@H](O)[C@H]2O)c(-c2ccc(O)cc2)oc2cc(O)c(C3O[C@H](CO)[C@@H](O)[C@H](O)[C@H]3O)c(O)c12. The lowest BCUT2D eigenvalue weighted by molar-refractivity contribution is -0.232. The molecule has 2 saturated heterocycles. The zero-order chi connectivity index (χ0) is 30.6. The molecule has 15 heteroatoms. The maximum absolute atomic E-state index is 14.1. The molecule has 0 aliphatic carbocycles. The van der Waals surface area contributed by atoms with Gasteiger partial charge in [-0.15, -0.1) is 0 Å². The Bertz CT molecular complexity index is 1500. The zero-order valence-corrected chi connectivity index (χ0v) is 21.6. The third-order valence-electron chi connectivity index (χ3n) is 7.69. The topological polar surface area (TPSA) is 271 Å². The highest BCUT2D eigenvalue weighted by Gasteiger charge is 2.48. The van der Waals surface area contributed by atoms with Gasteiger partial charge < -0.3 is 70.1 Å². The number of hydrogen-bond acceptors (Lipinski definition) is 15. The van der Waals surface area contributed by atoms with Crippen molar-refractivity contribution in [2.75, 3.05) is 13.2 Å². The number of rotatable bonds is 5. The molecule has 2 aliphatic rings. The molecule has 3 heterocycles. The van der Waals surface area contributed by atoms with Crippen molar-refractivity contribution in [2.45, 2.75) is 61.0 Å². The van der Waals surface area contributed by atoms with E-state index in [0.29, 0.717) is 0 Å². The van der Waals surface area contributed by atoms with Gasteiger partial charge >= 0.3 is 0 Å². The number of phenols is 3. The minimum Gasteiger partial charge on any atom is -0.508 e. The predicted molar refractivity (Wildman–Crippen MR) is 138 cm³/mol. The number of phenolic OH excluding ortho intramolecular Hbond substituents is 3. The molecule has 5 rings (SSSR count). The second-order valence-corrected chi connectivity index (χ2v) is 10.3. The monoisotopic (exact) mass is 594 g/mol. The van der Waals surface area contributed by atoms with Crippen molar-refractivity contribution in [3.63, 3.8) is 0 Å². The molecule has 0 spiro atoms. The first-order valence-electron chi connectivity index (χ1n) is 12.9. The number of ether oxygens (including phenoxy) is 2. The fourth-order valence-electron chi connectivity index (χ4n) is 5.40. The van der Waals surface area contributed by atoms with Crippen molar-refractivity contribution in [3.05, 3.63) is 51.7 Å². The van der Waals surface area contributed by atoms with Crippen LogP contribution < -0.4 is 5.43 Å². The van der Waals surface area contributed by atoms with E-state index in [1.807, 2.05) is 0 Å². The molecule has 0 radical (unpaired) electrons. The van der Waals surface area contributed by atoms with E-state index in [0.717, 1.165) is 6.07 Å². The Morgan fingerprint density at radius 1 is 0.667 bits per heavy atom. The Balaban J connectivity index is 1.77. The van der Waals surface area contributed by atoms with Gasteiger partial charge in [-0.3, -0.25) is 4.79 Å². The molecule has 2 aliphatic heterocycles. The van der Waals surface area contributed by atoms with Crippen LogP contribution in [0.3, 0.4) is 0 Å².